The number of imidazole rings is 1. The van der Waals surface area contributed by atoms with Crippen molar-refractivity contribution < 1.29 is 14.3 Å². The van der Waals surface area contributed by atoms with Crippen molar-refractivity contribution in [3.05, 3.63) is 65.6 Å². The van der Waals surface area contributed by atoms with Crippen molar-refractivity contribution in [2.75, 3.05) is 39.9 Å². The first-order valence-electron chi connectivity index (χ1n) is 10.9. The van der Waals surface area contributed by atoms with E-state index in [2.05, 4.69) is 27.4 Å². The van der Waals surface area contributed by atoms with Gasteiger partial charge < -0.3 is 18.8 Å². The van der Waals surface area contributed by atoms with Crippen LogP contribution in [0.2, 0.25) is 0 Å². The van der Waals surface area contributed by atoms with Crippen molar-refractivity contribution in [3.8, 4) is 11.5 Å². The molecule has 4 rings (SSSR count). The first-order chi connectivity index (χ1) is 15.6. The number of nitrogens with zero attached hydrogens (tertiary/aromatic N) is 4. The van der Waals surface area contributed by atoms with Crippen LogP contribution in [0.15, 0.2) is 48.7 Å². The molecule has 1 aliphatic rings. The molecule has 2 aromatic heterocycles. The van der Waals surface area contributed by atoms with Crippen LogP contribution < -0.4 is 9.47 Å². The molecule has 3 aromatic rings. The van der Waals surface area contributed by atoms with Crippen molar-refractivity contribution in [2.45, 2.75) is 20.4 Å². The quantitative estimate of drug-likeness (QED) is 0.570. The summed E-state index contributed by atoms with van der Waals surface area (Å²) < 4.78 is 13.4. The van der Waals surface area contributed by atoms with Gasteiger partial charge in [-0.15, -0.1) is 0 Å². The number of piperazine rings is 1. The zero-order valence-corrected chi connectivity index (χ0v) is 19.0. The van der Waals surface area contributed by atoms with E-state index in [9.17, 15) is 4.79 Å². The molecule has 7 heteroatoms. The molecule has 0 aliphatic carbocycles. The maximum atomic E-state index is 12.7. The molecule has 0 saturated carbocycles. The minimum absolute atomic E-state index is 0.00443. The number of carbonyl (C=O) groups is 1. The Morgan fingerprint density at radius 2 is 1.94 bits per heavy atom. The molecule has 168 valence electrons. The summed E-state index contributed by atoms with van der Waals surface area (Å²) in [6.07, 6.45) is 6.02. The number of allylic oxidation sites excluding steroid dienone is 1. The SMILES string of the molecule is CC=Cc1ccc(OCC(=O)N2CCN(Cc3c(C)nc4ccccn34)CC2)c(OC)c1. The Morgan fingerprint density at radius 3 is 2.69 bits per heavy atom. The van der Waals surface area contributed by atoms with Crippen LogP contribution in [-0.2, 0) is 11.3 Å². The summed E-state index contributed by atoms with van der Waals surface area (Å²) in [4.78, 5) is 21.6. The topological polar surface area (TPSA) is 59.3 Å². The van der Waals surface area contributed by atoms with Crippen LogP contribution >= 0.6 is 0 Å². The monoisotopic (exact) mass is 434 g/mol. The highest BCUT2D eigenvalue weighted by Crippen LogP contribution is 2.28. The lowest BCUT2D eigenvalue weighted by molar-refractivity contribution is -0.135. The zero-order valence-electron chi connectivity index (χ0n) is 19.0. The number of rotatable bonds is 7. The van der Waals surface area contributed by atoms with E-state index < -0.39 is 0 Å². The number of carbonyl (C=O) groups excluding carboxylic acids is 1. The molecule has 0 spiro atoms. The van der Waals surface area contributed by atoms with Crippen molar-refractivity contribution in [2.24, 2.45) is 0 Å². The largest absolute Gasteiger partial charge is 0.493 e. The fourth-order valence-corrected chi connectivity index (χ4v) is 4.05. The number of methoxy groups -OCH3 is 1. The summed E-state index contributed by atoms with van der Waals surface area (Å²) in [6, 6.07) is 11.7. The van der Waals surface area contributed by atoms with Crippen molar-refractivity contribution in [1.82, 2.24) is 19.2 Å². The van der Waals surface area contributed by atoms with Gasteiger partial charge in [0.1, 0.15) is 5.65 Å². The van der Waals surface area contributed by atoms with E-state index in [1.807, 2.05) is 60.4 Å². The number of aromatic nitrogens is 2. The Labute approximate surface area is 188 Å². The molecule has 1 amide bonds. The molecule has 1 aromatic carbocycles. The van der Waals surface area contributed by atoms with Crippen LogP contribution in [0.5, 0.6) is 11.5 Å². The third kappa shape index (κ3) is 4.78. The average molecular weight is 435 g/mol. The minimum Gasteiger partial charge on any atom is -0.493 e. The van der Waals surface area contributed by atoms with Gasteiger partial charge in [0, 0.05) is 38.9 Å². The van der Waals surface area contributed by atoms with Gasteiger partial charge in [-0.3, -0.25) is 9.69 Å². The normalized spacial score (nSPS) is 14.9. The standard InChI is InChI=1S/C25H30N4O3/c1-4-7-20-9-10-22(23(16-20)31-3)32-18-25(30)28-14-12-27(13-15-28)17-21-19(2)26-24-8-5-6-11-29(21)24/h4-11,16H,12-15,17-18H2,1-3H3. The van der Waals surface area contributed by atoms with Crippen molar-refractivity contribution in [3.63, 3.8) is 0 Å². The smallest absolute Gasteiger partial charge is 0.260 e. The lowest BCUT2D eigenvalue weighted by atomic mass is 10.2. The lowest BCUT2D eigenvalue weighted by Gasteiger charge is -2.34. The lowest BCUT2D eigenvalue weighted by Crippen LogP contribution is -2.49. The first kappa shape index (κ1) is 21.9. The van der Waals surface area contributed by atoms with Gasteiger partial charge in [-0.05, 0) is 43.7 Å². The van der Waals surface area contributed by atoms with Gasteiger partial charge in [-0.1, -0.05) is 24.3 Å². The Kier molecular flexibility index (Phi) is 6.75. The Morgan fingerprint density at radius 1 is 1.12 bits per heavy atom. The maximum Gasteiger partial charge on any atom is 0.260 e. The van der Waals surface area contributed by atoms with Gasteiger partial charge in [0.15, 0.2) is 18.1 Å². The molecule has 32 heavy (non-hydrogen) atoms. The van der Waals surface area contributed by atoms with Crippen LogP contribution in [0.1, 0.15) is 23.9 Å². The molecule has 0 bridgehead atoms. The summed E-state index contributed by atoms with van der Waals surface area (Å²) in [6.45, 7) is 7.88. The van der Waals surface area contributed by atoms with Crippen LogP contribution in [0, 0.1) is 6.92 Å². The highest BCUT2D eigenvalue weighted by Gasteiger charge is 2.23. The molecule has 0 atom stereocenters. The fraction of sp³-hybridized carbons (Fsp3) is 0.360. The molecular weight excluding hydrogens is 404 g/mol. The maximum absolute atomic E-state index is 12.7. The van der Waals surface area contributed by atoms with E-state index in [1.165, 1.54) is 5.69 Å². The van der Waals surface area contributed by atoms with Crippen LogP contribution in [0.4, 0.5) is 0 Å². The van der Waals surface area contributed by atoms with Gasteiger partial charge in [-0.2, -0.15) is 0 Å². The van der Waals surface area contributed by atoms with Crippen LogP contribution in [0.25, 0.3) is 11.7 Å². The minimum atomic E-state index is -0.00443. The Hall–Kier alpha value is -3.32. The molecule has 1 saturated heterocycles. The summed E-state index contributed by atoms with van der Waals surface area (Å²) in [5, 5.41) is 0. The van der Waals surface area contributed by atoms with E-state index in [0.29, 0.717) is 24.6 Å². The number of pyridine rings is 1. The number of aryl methyl sites for hydroxylation is 1. The molecule has 1 aliphatic heterocycles. The number of fused-ring (bicyclic) bond motifs is 1. The van der Waals surface area contributed by atoms with Crippen molar-refractivity contribution in [1.29, 1.82) is 0 Å². The average Bonchev–Trinajstić information content (AvgIpc) is 3.13. The summed E-state index contributed by atoms with van der Waals surface area (Å²) in [7, 11) is 1.61. The van der Waals surface area contributed by atoms with Crippen molar-refractivity contribution >= 4 is 17.6 Å². The third-order valence-electron chi connectivity index (χ3n) is 5.83. The van der Waals surface area contributed by atoms with Gasteiger partial charge in [0.2, 0.25) is 0 Å². The Bertz CT molecular complexity index is 1110. The molecule has 3 heterocycles. The predicted octanol–water partition coefficient (Wildman–Crippen LogP) is 3.41. The molecule has 1 fully saturated rings. The molecular formula is C25H30N4O3. The van der Waals surface area contributed by atoms with Crippen LogP contribution in [0.3, 0.4) is 0 Å². The van der Waals surface area contributed by atoms with Gasteiger partial charge in [-0.25, -0.2) is 4.98 Å². The molecule has 7 nitrogen and oxygen atoms in total. The highest BCUT2D eigenvalue weighted by atomic mass is 16.5. The second-order valence-electron chi connectivity index (χ2n) is 7.93. The number of hydrogen-bond acceptors (Lipinski definition) is 5. The number of amides is 1. The highest BCUT2D eigenvalue weighted by molar-refractivity contribution is 5.78. The fourth-order valence-electron chi connectivity index (χ4n) is 4.05. The van der Waals surface area contributed by atoms with E-state index in [4.69, 9.17) is 9.47 Å². The Balaban J connectivity index is 1.30. The first-order valence-corrected chi connectivity index (χ1v) is 10.9. The molecule has 0 radical (unpaired) electrons. The van der Waals surface area contributed by atoms with E-state index in [0.717, 1.165) is 36.5 Å². The molecule has 0 unspecified atom stereocenters. The second kappa shape index (κ2) is 9.87. The van der Waals surface area contributed by atoms with E-state index >= 15 is 0 Å². The predicted molar refractivity (Wildman–Crippen MR) is 125 cm³/mol. The number of hydrogen-bond donors (Lipinski definition) is 0. The van der Waals surface area contributed by atoms with Gasteiger partial charge >= 0.3 is 0 Å². The number of ether oxygens (including phenoxy) is 2. The summed E-state index contributed by atoms with van der Waals surface area (Å²) in [5.74, 6) is 1.20. The van der Waals surface area contributed by atoms with Gasteiger partial charge in [0.25, 0.3) is 5.91 Å². The summed E-state index contributed by atoms with van der Waals surface area (Å²) >= 11 is 0. The van der Waals surface area contributed by atoms with Gasteiger partial charge in [0.05, 0.1) is 18.5 Å². The van der Waals surface area contributed by atoms with E-state index in [1.54, 1.807) is 7.11 Å². The molecule has 0 N–H and O–H groups in total. The number of benzene rings is 1. The van der Waals surface area contributed by atoms with E-state index in [-0.39, 0.29) is 12.5 Å². The second-order valence-corrected chi connectivity index (χ2v) is 7.93. The zero-order chi connectivity index (χ0) is 22.5. The third-order valence-corrected chi connectivity index (χ3v) is 5.83. The van der Waals surface area contributed by atoms with Crippen LogP contribution in [-0.4, -0.2) is 65.0 Å². The summed E-state index contributed by atoms with van der Waals surface area (Å²) in [5.41, 5.74) is 4.26.